The second-order valence-corrected chi connectivity index (χ2v) is 3.48. The maximum atomic E-state index is 11.0. The van der Waals surface area contributed by atoms with Gasteiger partial charge >= 0.3 is 0 Å². The summed E-state index contributed by atoms with van der Waals surface area (Å²) in [6.45, 7) is 2.02. The molecule has 0 amide bonds. The van der Waals surface area contributed by atoms with Crippen LogP contribution in [0, 0.1) is 5.92 Å². The molecule has 1 aliphatic carbocycles. The number of ketones is 1. The number of rotatable bonds is 1. The Morgan fingerprint density at radius 2 is 1.92 bits per heavy atom. The molecule has 1 aromatic rings. The second-order valence-electron chi connectivity index (χ2n) is 3.48. The molecule has 0 unspecified atom stereocenters. The lowest BCUT2D eigenvalue weighted by molar-refractivity contribution is -0.130. The molecule has 62 valence electrons. The Balaban J connectivity index is 2.18. The van der Waals surface area contributed by atoms with Gasteiger partial charge in [-0.1, -0.05) is 37.3 Å². The predicted octanol–water partition coefficient (Wildman–Crippen LogP) is 2.38. The molecule has 0 N–H and O–H groups in total. The average Bonchev–Trinajstić information content (AvgIpc) is 2.15. The molecule has 1 fully saturated rings. The van der Waals surface area contributed by atoms with Gasteiger partial charge in [0.15, 0.2) is 0 Å². The van der Waals surface area contributed by atoms with Gasteiger partial charge in [0.05, 0.1) is 0 Å². The lowest BCUT2D eigenvalue weighted by atomic mass is 9.70. The van der Waals surface area contributed by atoms with Gasteiger partial charge in [-0.05, 0) is 5.56 Å². The third-order valence-electron chi connectivity index (χ3n) is 2.76. The fourth-order valence-electron chi connectivity index (χ4n) is 1.75. The second kappa shape index (κ2) is 2.74. The van der Waals surface area contributed by atoms with Crippen molar-refractivity contribution >= 4 is 5.78 Å². The number of hydrogen-bond donors (Lipinski definition) is 0. The molecule has 0 saturated heterocycles. The molecule has 12 heavy (non-hydrogen) atoms. The number of carbonyl (C=O) groups excluding carboxylic acids is 1. The molecule has 1 aliphatic rings. The molecule has 0 spiro atoms. The van der Waals surface area contributed by atoms with Gasteiger partial charge in [0.2, 0.25) is 0 Å². The first-order valence-corrected chi connectivity index (χ1v) is 4.36. The highest BCUT2D eigenvalue weighted by molar-refractivity contribution is 5.88. The minimum atomic E-state index is 0.243. The molecule has 0 heterocycles. The van der Waals surface area contributed by atoms with E-state index in [9.17, 15) is 4.79 Å². The summed E-state index contributed by atoms with van der Waals surface area (Å²) >= 11 is 0. The van der Waals surface area contributed by atoms with E-state index in [4.69, 9.17) is 0 Å². The minimum absolute atomic E-state index is 0.243. The topological polar surface area (TPSA) is 17.1 Å². The van der Waals surface area contributed by atoms with Gasteiger partial charge in [-0.3, -0.25) is 4.79 Å². The Labute approximate surface area is 72.4 Å². The van der Waals surface area contributed by atoms with Crippen LogP contribution in [-0.2, 0) is 4.79 Å². The zero-order valence-corrected chi connectivity index (χ0v) is 7.16. The molecule has 2 rings (SSSR count). The summed E-state index contributed by atoms with van der Waals surface area (Å²) in [7, 11) is 0. The van der Waals surface area contributed by atoms with E-state index in [-0.39, 0.29) is 5.92 Å². The Morgan fingerprint density at radius 1 is 1.25 bits per heavy atom. The zero-order valence-electron chi connectivity index (χ0n) is 7.16. The maximum Gasteiger partial charge on any atom is 0.136 e. The first kappa shape index (κ1) is 7.53. The van der Waals surface area contributed by atoms with Gasteiger partial charge in [0.1, 0.15) is 5.78 Å². The van der Waals surface area contributed by atoms with Crippen LogP contribution in [0.15, 0.2) is 30.3 Å². The van der Waals surface area contributed by atoms with Gasteiger partial charge in [0.25, 0.3) is 0 Å². The molecule has 0 aromatic heterocycles. The Hall–Kier alpha value is -1.11. The Kier molecular flexibility index (Phi) is 1.72. The molecule has 1 aromatic carbocycles. The SMILES string of the molecule is C[C@H]1C(=O)C[C@H]1c1ccccc1. The summed E-state index contributed by atoms with van der Waals surface area (Å²) in [6.07, 6.45) is 0.741. The van der Waals surface area contributed by atoms with Gasteiger partial charge in [-0.25, -0.2) is 0 Å². The lowest BCUT2D eigenvalue weighted by Gasteiger charge is -2.32. The fourth-order valence-corrected chi connectivity index (χ4v) is 1.75. The highest BCUT2D eigenvalue weighted by atomic mass is 16.1. The van der Waals surface area contributed by atoms with Crippen molar-refractivity contribution in [3.63, 3.8) is 0 Å². The molecular formula is C11H12O. The van der Waals surface area contributed by atoms with Crippen molar-refractivity contribution in [1.29, 1.82) is 0 Å². The predicted molar refractivity (Wildman–Crippen MR) is 48.0 cm³/mol. The van der Waals surface area contributed by atoms with E-state index in [1.54, 1.807) is 0 Å². The van der Waals surface area contributed by atoms with Crippen LogP contribution in [-0.4, -0.2) is 5.78 Å². The Morgan fingerprint density at radius 3 is 2.42 bits per heavy atom. The summed E-state index contributed by atoms with van der Waals surface area (Å²) in [4.78, 5) is 11.0. The third-order valence-corrected chi connectivity index (χ3v) is 2.76. The van der Waals surface area contributed by atoms with Crippen LogP contribution in [0.3, 0.4) is 0 Å². The van der Waals surface area contributed by atoms with Gasteiger partial charge in [-0.2, -0.15) is 0 Å². The largest absolute Gasteiger partial charge is 0.299 e. The summed E-state index contributed by atoms with van der Waals surface area (Å²) < 4.78 is 0. The van der Waals surface area contributed by atoms with Crippen LogP contribution >= 0.6 is 0 Å². The summed E-state index contributed by atoms with van der Waals surface area (Å²) in [5.74, 6) is 1.13. The van der Waals surface area contributed by atoms with E-state index in [1.165, 1.54) is 5.56 Å². The molecule has 0 bridgehead atoms. The highest BCUT2D eigenvalue weighted by Gasteiger charge is 2.36. The van der Waals surface area contributed by atoms with Gasteiger partial charge in [-0.15, -0.1) is 0 Å². The standard InChI is InChI=1S/C11H12O/c1-8-10(7-11(8)12)9-5-3-2-4-6-9/h2-6,8,10H,7H2,1H3/t8-,10-/m1/s1. The summed E-state index contributed by atoms with van der Waals surface area (Å²) in [6, 6.07) is 10.3. The van der Waals surface area contributed by atoms with Crippen LogP contribution in [0.1, 0.15) is 24.8 Å². The van der Waals surface area contributed by atoms with Crippen molar-refractivity contribution in [1.82, 2.24) is 0 Å². The zero-order chi connectivity index (χ0) is 8.55. The normalized spacial score (nSPS) is 28.2. The molecular weight excluding hydrogens is 148 g/mol. The quantitative estimate of drug-likeness (QED) is 0.616. The highest BCUT2D eigenvalue weighted by Crippen LogP contribution is 2.38. The van der Waals surface area contributed by atoms with E-state index in [0.29, 0.717) is 11.7 Å². The smallest absolute Gasteiger partial charge is 0.136 e. The molecule has 1 nitrogen and oxygen atoms in total. The molecule has 0 radical (unpaired) electrons. The molecule has 0 aliphatic heterocycles. The van der Waals surface area contributed by atoms with Crippen LogP contribution < -0.4 is 0 Å². The van der Waals surface area contributed by atoms with Crippen molar-refractivity contribution in [3.8, 4) is 0 Å². The maximum absolute atomic E-state index is 11.0. The van der Waals surface area contributed by atoms with Crippen LogP contribution in [0.2, 0.25) is 0 Å². The van der Waals surface area contributed by atoms with Gasteiger partial charge in [0, 0.05) is 18.3 Å². The van der Waals surface area contributed by atoms with Crippen molar-refractivity contribution < 1.29 is 4.79 Å². The third kappa shape index (κ3) is 1.06. The van der Waals surface area contributed by atoms with Gasteiger partial charge < -0.3 is 0 Å². The van der Waals surface area contributed by atoms with Crippen molar-refractivity contribution in [2.24, 2.45) is 5.92 Å². The Bertz CT molecular complexity index is 289. The van der Waals surface area contributed by atoms with E-state index in [0.717, 1.165) is 6.42 Å². The van der Waals surface area contributed by atoms with E-state index in [1.807, 2.05) is 25.1 Å². The summed E-state index contributed by atoms with van der Waals surface area (Å²) in [5, 5.41) is 0. The lowest BCUT2D eigenvalue weighted by Crippen LogP contribution is -2.32. The van der Waals surface area contributed by atoms with Crippen LogP contribution in [0.5, 0.6) is 0 Å². The molecule has 2 atom stereocenters. The van der Waals surface area contributed by atoms with E-state index >= 15 is 0 Å². The van der Waals surface area contributed by atoms with E-state index < -0.39 is 0 Å². The molecule has 1 heteroatoms. The van der Waals surface area contributed by atoms with Crippen LogP contribution in [0.25, 0.3) is 0 Å². The van der Waals surface area contributed by atoms with Crippen LogP contribution in [0.4, 0.5) is 0 Å². The number of carbonyl (C=O) groups is 1. The monoisotopic (exact) mass is 160 g/mol. The first-order valence-electron chi connectivity index (χ1n) is 4.36. The number of Topliss-reactive ketones (excluding diaryl/α,β-unsaturated/α-hetero) is 1. The average molecular weight is 160 g/mol. The van der Waals surface area contributed by atoms with Crippen molar-refractivity contribution in [3.05, 3.63) is 35.9 Å². The molecule has 1 saturated carbocycles. The number of hydrogen-bond acceptors (Lipinski definition) is 1. The summed E-state index contributed by atoms with van der Waals surface area (Å²) in [5.41, 5.74) is 1.31. The van der Waals surface area contributed by atoms with E-state index in [2.05, 4.69) is 12.1 Å². The van der Waals surface area contributed by atoms with Crippen molar-refractivity contribution in [2.75, 3.05) is 0 Å². The number of benzene rings is 1. The van der Waals surface area contributed by atoms with Crippen molar-refractivity contribution in [2.45, 2.75) is 19.3 Å². The fraction of sp³-hybridized carbons (Fsp3) is 0.364. The first-order chi connectivity index (χ1) is 5.79. The minimum Gasteiger partial charge on any atom is -0.299 e.